The first-order valence-electron chi connectivity index (χ1n) is 7.19. The molecular weight excluding hydrogens is 238 g/mol. The van der Waals surface area contributed by atoms with Gasteiger partial charge in [0, 0.05) is 16.2 Å². The van der Waals surface area contributed by atoms with E-state index in [2.05, 4.69) is 56.9 Å². The van der Waals surface area contributed by atoms with Crippen LogP contribution in [0.2, 0.25) is 0 Å². The minimum absolute atomic E-state index is 0.560. The van der Waals surface area contributed by atoms with Crippen molar-refractivity contribution in [2.24, 2.45) is 0 Å². The molecule has 0 aliphatic carbocycles. The van der Waals surface area contributed by atoms with Gasteiger partial charge in [-0.15, -0.1) is 11.8 Å². The zero-order valence-electron chi connectivity index (χ0n) is 12.0. The van der Waals surface area contributed by atoms with Gasteiger partial charge in [-0.1, -0.05) is 32.4 Å². The van der Waals surface area contributed by atoms with Crippen molar-refractivity contribution in [2.45, 2.75) is 63.1 Å². The Kier molecular flexibility index (Phi) is 4.74. The minimum atomic E-state index is 0.560. The summed E-state index contributed by atoms with van der Waals surface area (Å²) in [5.41, 5.74) is 4.48. The van der Waals surface area contributed by atoms with Crippen LogP contribution in [0.5, 0.6) is 0 Å². The number of aryl methyl sites for hydroxylation is 2. The Morgan fingerprint density at radius 3 is 2.50 bits per heavy atom. The van der Waals surface area contributed by atoms with Crippen molar-refractivity contribution in [3.8, 4) is 0 Å². The van der Waals surface area contributed by atoms with Crippen molar-refractivity contribution in [1.29, 1.82) is 0 Å². The molecule has 1 aliphatic rings. The summed E-state index contributed by atoms with van der Waals surface area (Å²) in [4.78, 5) is 1.54. The molecule has 0 fully saturated rings. The van der Waals surface area contributed by atoms with Crippen molar-refractivity contribution >= 4 is 11.8 Å². The highest BCUT2D eigenvalue weighted by Crippen LogP contribution is 2.48. The quantitative estimate of drug-likeness (QED) is 0.832. The van der Waals surface area contributed by atoms with Crippen LogP contribution in [-0.2, 0) is 0 Å². The number of thioether (sulfide) groups is 1. The van der Waals surface area contributed by atoms with Gasteiger partial charge in [0.25, 0.3) is 0 Å². The maximum atomic E-state index is 3.77. The molecule has 0 radical (unpaired) electrons. The Hall–Kier alpha value is -0.470. The Bertz CT molecular complexity index is 414. The van der Waals surface area contributed by atoms with Gasteiger partial charge in [0.2, 0.25) is 0 Å². The Morgan fingerprint density at radius 2 is 1.83 bits per heavy atom. The normalized spacial score (nSPS) is 22.2. The molecule has 2 heteroatoms. The molecule has 0 amide bonds. The fourth-order valence-corrected chi connectivity index (χ4v) is 4.49. The van der Waals surface area contributed by atoms with Crippen LogP contribution in [-0.4, -0.2) is 11.8 Å². The zero-order valence-corrected chi connectivity index (χ0v) is 12.9. The topological polar surface area (TPSA) is 12.0 Å². The van der Waals surface area contributed by atoms with Gasteiger partial charge in [-0.25, -0.2) is 0 Å². The van der Waals surface area contributed by atoms with Crippen molar-refractivity contribution < 1.29 is 0 Å². The largest absolute Gasteiger partial charge is 0.309 e. The van der Waals surface area contributed by atoms with Crippen molar-refractivity contribution in [3.05, 3.63) is 28.8 Å². The second-order valence-corrected chi connectivity index (χ2v) is 6.57. The lowest BCUT2D eigenvalue weighted by atomic mass is 9.95. The van der Waals surface area contributed by atoms with Gasteiger partial charge in [-0.3, -0.25) is 0 Å². The van der Waals surface area contributed by atoms with E-state index in [1.165, 1.54) is 30.4 Å². The summed E-state index contributed by atoms with van der Waals surface area (Å²) >= 11 is 2.10. The first-order valence-corrected chi connectivity index (χ1v) is 8.07. The average Bonchev–Trinajstić information content (AvgIpc) is 2.72. The maximum absolute atomic E-state index is 3.77. The van der Waals surface area contributed by atoms with E-state index in [4.69, 9.17) is 0 Å². The van der Waals surface area contributed by atoms with Crippen LogP contribution >= 0.6 is 11.8 Å². The molecule has 0 saturated heterocycles. The summed E-state index contributed by atoms with van der Waals surface area (Å²) in [5, 5.41) is 4.49. The van der Waals surface area contributed by atoms with Crippen molar-refractivity contribution in [3.63, 3.8) is 0 Å². The lowest BCUT2D eigenvalue weighted by molar-refractivity contribution is 0.496. The summed E-state index contributed by atoms with van der Waals surface area (Å²) < 4.78 is 0. The third kappa shape index (κ3) is 2.60. The predicted molar refractivity (Wildman–Crippen MR) is 81.5 cm³/mol. The summed E-state index contributed by atoms with van der Waals surface area (Å²) in [6.07, 6.45) is 3.79. The van der Waals surface area contributed by atoms with E-state index < -0.39 is 0 Å². The molecule has 1 N–H and O–H groups in total. The SMILES string of the molecule is CCCNC1c2c(C)ccc(C)c2SC1CCC. The number of hydrogen-bond acceptors (Lipinski definition) is 2. The molecule has 1 nitrogen and oxygen atoms in total. The predicted octanol–water partition coefficient (Wildman–Crippen LogP) is 4.62. The van der Waals surface area contributed by atoms with Gasteiger partial charge in [-0.05, 0) is 49.9 Å². The second kappa shape index (κ2) is 6.12. The lowest BCUT2D eigenvalue weighted by Gasteiger charge is -2.21. The standard InChI is InChI=1S/C16H25NS/c1-5-7-13-15(17-10-6-2)14-11(3)8-9-12(4)16(14)18-13/h8-9,13,15,17H,5-7,10H2,1-4H3. The van der Waals surface area contributed by atoms with Crippen LogP contribution < -0.4 is 5.32 Å². The molecule has 0 aromatic heterocycles. The number of rotatable bonds is 5. The van der Waals surface area contributed by atoms with Crippen LogP contribution in [0.25, 0.3) is 0 Å². The Morgan fingerprint density at radius 1 is 1.11 bits per heavy atom. The molecule has 2 rings (SSSR count). The average molecular weight is 263 g/mol. The molecular formula is C16H25NS. The summed E-state index contributed by atoms with van der Waals surface area (Å²) in [7, 11) is 0. The van der Waals surface area contributed by atoms with E-state index in [9.17, 15) is 0 Å². The summed E-state index contributed by atoms with van der Waals surface area (Å²) in [6.45, 7) is 10.2. The first kappa shape index (κ1) is 14.0. The van der Waals surface area contributed by atoms with E-state index in [-0.39, 0.29) is 0 Å². The van der Waals surface area contributed by atoms with Gasteiger partial charge >= 0.3 is 0 Å². The monoisotopic (exact) mass is 263 g/mol. The van der Waals surface area contributed by atoms with E-state index in [1.54, 1.807) is 10.5 Å². The zero-order chi connectivity index (χ0) is 13.1. The number of benzene rings is 1. The van der Waals surface area contributed by atoms with Gasteiger partial charge in [-0.2, -0.15) is 0 Å². The first-order chi connectivity index (χ1) is 8.69. The van der Waals surface area contributed by atoms with Crippen LogP contribution in [0, 0.1) is 13.8 Å². The van der Waals surface area contributed by atoms with Gasteiger partial charge in [0.1, 0.15) is 0 Å². The number of fused-ring (bicyclic) bond motifs is 1. The molecule has 0 bridgehead atoms. The number of nitrogens with one attached hydrogen (secondary N) is 1. The third-order valence-corrected chi connectivity index (χ3v) is 5.34. The Labute approximate surface area is 116 Å². The fraction of sp³-hybridized carbons (Fsp3) is 0.625. The highest BCUT2D eigenvalue weighted by Gasteiger charge is 2.34. The molecule has 1 heterocycles. The van der Waals surface area contributed by atoms with Crippen LogP contribution in [0.15, 0.2) is 17.0 Å². The molecule has 0 spiro atoms. The van der Waals surface area contributed by atoms with Crippen molar-refractivity contribution in [2.75, 3.05) is 6.54 Å². The highest BCUT2D eigenvalue weighted by molar-refractivity contribution is 8.00. The molecule has 1 aromatic rings. The second-order valence-electron chi connectivity index (χ2n) is 5.32. The molecule has 2 atom stereocenters. The van der Waals surface area contributed by atoms with Crippen LogP contribution in [0.4, 0.5) is 0 Å². The van der Waals surface area contributed by atoms with E-state index in [0.717, 1.165) is 11.8 Å². The molecule has 1 aromatic carbocycles. The van der Waals surface area contributed by atoms with E-state index in [1.807, 2.05) is 0 Å². The Balaban J connectivity index is 2.32. The minimum Gasteiger partial charge on any atom is -0.309 e. The highest BCUT2D eigenvalue weighted by atomic mass is 32.2. The van der Waals surface area contributed by atoms with E-state index >= 15 is 0 Å². The smallest absolute Gasteiger partial charge is 0.0458 e. The molecule has 18 heavy (non-hydrogen) atoms. The lowest BCUT2D eigenvalue weighted by Crippen LogP contribution is -2.28. The van der Waals surface area contributed by atoms with Crippen LogP contribution in [0.3, 0.4) is 0 Å². The van der Waals surface area contributed by atoms with Gasteiger partial charge < -0.3 is 5.32 Å². The molecule has 1 aliphatic heterocycles. The molecule has 100 valence electrons. The maximum Gasteiger partial charge on any atom is 0.0458 e. The van der Waals surface area contributed by atoms with Gasteiger partial charge in [0.15, 0.2) is 0 Å². The van der Waals surface area contributed by atoms with Crippen LogP contribution in [0.1, 0.15) is 55.8 Å². The molecule has 2 unspecified atom stereocenters. The third-order valence-electron chi connectivity index (χ3n) is 3.75. The number of hydrogen-bond donors (Lipinski definition) is 1. The van der Waals surface area contributed by atoms with E-state index in [0.29, 0.717) is 6.04 Å². The molecule has 0 saturated carbocycles. The van der Waals surface area contributed by atoms with Crippen molar-refractivity contribution in [1.82, 2.24) is 5.32 Å². The summed E-state index contributed by atoms with van der Waals surface area (Å²) in [6, 6.07) is 5.11. The fourth-order valence-electron chi connectivity index (χ4n) is 2.80. The van der Waals surface area contributed by atoms with Gasteiger partial charge in [0.05, 0.1) is 0 Å². The summed E-state index contributed by atoms with van der Waals surface area (Å²) in [5.74, 6) is 0.